The average Bonchev–Trinajstić information content (AvgIpc) is 2.76. The van der Waals surface area contributed by atoms with Crippen LogP contribution in [-0.4, -0.2) is 27.5 Å². The van der Waals surface area contributed by atoms with Gasteiger partial charge in [0.15, 0.2) is 11.0 Å². The van der Waals surface area contributed by atoms with E-state index in [4.69, 9.17) is 5.73 Å². The molecule has 0 unspecified atom stereocenters. The van der Waals surface area contributed by atoms with Crippen LogP contribution >= 0.6 is 11.8 Å². The summed E-state index contributed by atoms with van der Waals surface area (Å²) in [5.41, 5.74) is 6.28. The van der Waals surface area contributed by atoms with Crippen LogP contribution in [0.1, 0.15) is 27.0 Å². The zero-order chi connectivity index (χ0) is 25.0. The van der Waals surface area contributed by atoms with Crippen LogP contribution in [0, 0.1) is 13.8 Å². The first-order valence-corrected chi connectivity index (χ1v) is 10.8. The van der Waals surface area contributed by atoms with E-state index in [1.54, 1.807) is 6.07 Å². The fourth-order valence-electron chi connectivity index (χ4n) is 2.93. The molecular weight excluding hydrogens is 471 g/mol. The molecule has 0 saturated heterocycles. The van der Waals surface area contributed by atoms with Gasteiger partial charge in [-0.2, -0.15) is 13.2 Å². The number of hydrogen-bond donors (Lipinski definition) is 4. The molecule has 5 N–H and O–H groups in total. The number of alkyl halides is 3. The van der Waals surface area contributed by atoms with Gasteiger partial charge >= 0.3 is 6.18 Å². The maximum atomic E-state index is 12.7. The fraction of sp³-hybridized carbons (Fsp3) is 0.182. The van der Waals surface area contributed by atoms with Gasteiger partial charge in [-0.05, 0) is 49.7 Å². The van der Waals surface area contributed by atoms with Crippen molar-refractivity contribution >= 4 is 40.8 Å². The molecule has 2 aromatic carbocycles. The Morgan fingerprint density at radius 1 is 1.09 bits per heavy atom. The van der Waals surface area contributed by atoms with E-state index in [1.807, 2.05) is 26.0 Å². The van der Waals surface area contributed by atoms with Gasteiger partial charge in [0.2, 0.25) is 5.91 Å². The largest absolute Gasteiger partial charge is 0.416 e. The number of carbonyl (C=O) groups is 2. The zero-order valence-corrected chi connectivity index (χ0v) is 18.9. The normalized spacial score (nSPS) is 11.2. The van der Waals surface area contributed by atoms with Crippen molar-refractivity contribution in [2.75, 3.05) is 22.1 Å². The number of nitrogens with two attached hydrogens (primary N) is 1. The van der Waals surface area contributed by atoms with Crippen LogP contribution in [0.3, 0.4) is 0 Å². The Labute approximate surface area is 196 Å². The Kier molecular flexibility index (Phi) is 7.30. The number of carbonyl (C=O) groups excluding carboxylic acids is 2. The number of rotatable bonds is 6. The Balaban J connectivity index is 1.64. The predicted molar refractivity (Wildman–Crippen MR) is 124 cm³/mol. The number of nitrogen functional groups attached to an aromatic ring is 1. The van der Waals surface area contributed by atoms with Crippen molar-refractivity contribution in [3.8, 4) is 0 Å². The highest BCUT2D eigenvalue weighted by Crippen LogP contribution is 2.29. The van der Waals surface area contributed by atoms with Crippen molar-refractivity contribution in [3.63, 3.8) is 0 Å². The quantitative estimate of drug-likeness (QED) is 0.305. The van der Waals surface area contributed by atoms with Crippen LogP contribution < -0.4 is 21.9 Å². The van der Waals surface area contributed by atoms with Crippen molar-refractivity contribution in [3.05, 3.63) is 75.1 Å². The van der Waals surface area contributed by atoms with E-state index in [1.165, 1.54) is 0 Å². The summed E-state index contributed by atoms with van der Waals surface area (Å²) in [6, 6.07) is 9.06. The topological polar surface area (TPSA) is 130 Å². The van der Waals surface area contributed by atoms with Crippen LogP contribution in [0.15, 0.2) is 52.4 Å². The summed E-state index contributed by atoms with van der Waals surface area (Å²) in [6.07, 6.45) is -4.54. The number of anilines is 3. The third-order valence-corrected chi connectivity index (χ3v) is 5.51. The van der Waals surface area contributed by atoms with Crippen LogP contribution in [0.2, 0.25) is 0 Å². The molecular formula is C22H20F3N5O3S. The van der Waals surface area contributed by atoms with E-state index < -0.39 is 23.2 Å². The molecule has 34 heavy (non-hydrogen) atoms. The highest BCUT2D eigenvalue weighted by Gasteiger charge is 2.30. The van der Waals surface area contributed by atoms with Gasteiger partial charge in [0.05, 0.1) is 11.3 Å². The number of aryl methyl sites for hydroxylation is 2. The van der Waals surface area contributed by atoms with Crippen LogP contribution in [0.25, 0.3) is 0 Å². The summed E-state index contributed by atoms with van der Waals surface area (Å²) in [5, 5.41) is 5.08. The fourth-order valence-corrected chi connectivity index (χ4v) is 3.60. The van der Waals surface area contributed by atoms with E-state index in [0.29, 0.717) is 5.69 Å². The van der Waals surface area contributed by atoms with Crippen molar-refractivity contribution < 1.29 is 22.8 Å². The number of aromatic amines is 1. The number of amides is 2. The molecule has 0 radical (unpaired) electrons. The lowest BCUT2D eigenvalue weighted by Gasteiger charge is -2.10. The Morgan fingerprint density at radius 2 is 1.76 bits per heavy atom. The summed E-state index contributed by atoms with van der Waals surface area (Å²) in [4.78, 5) is 43.3. The molecule has 2 amide bonds. The van der Waals surface area contributed by atoms with E-state index in [9.17, 15) is 27.6 Å². The minimum Gasteiger partial charge on any atom is -0.382 e. The summed E-state index contributed by atoms with van der Waals surface area (Å²) in [5.74, 6) is -1.52. The molecule has 0 bridgehead atoms. The summed E-state index contributed by atoms with van der Waals surface area (Å²) >= 11 is 0.935. The Morgan fingerprint density at radius 3 is 2.35 bits per heavy atom. The number of aromatic nitrogens is 2. The van der Waals surface area contributed by atoms with Gasteiger partial charge in [-0.3, -0.25) is 19.4 Å². The van der Waals surface area contributed by atoms with Gasteiger partial charge < -0.3 is 16.4 Å². The molecule has 0 aliphatic rings. The van der Waals surface area contributed by atoms with Gasteiger partial charge in [0.25, 0.3) is 11.5 Å². The number of thioether (sulfide) groups is 1. The molecule has 3 rings (SSSR count). The summed E-state index contributed by atoms with van der Waals surface area (Å²) in [6.45, 7) is 3.81. The van der Waals surface area contributed by atoms with Crippen molar-refractivity contribution in [1.82, 2.24) is 9.97 Å². The molecule has 0 spiro atoms. The second-order valence-corrected chi connectivity index (χ2v) is 8.28. The standard InChI is InChI=1S/C22H20F3N5O3S/c1-11-3-8-15(12(2)9-11)27-16(31)10-34-21-29-18(26)17(20(33)30-21)28-19(32)13-4-6-14(7-5-13)22(23,24)25/h3-9H,10H2,1-2H3,(H,27,31)(H,28,32)(H3,26,29,30,33). The van der Waals surface area contributed by atoms with Crippen LogP contribution in [0.4, 0.5) is 30.4 Å². The maximum Gasteiger partial charge on any atom is 0.416 e. The van der Waals surface area contributed by atoms with Gasteiger partial charge in [-0.15, -0.1) is 0 Å². The number of benzene rings is 2. The lowest BCUT2D eigenvalue weighted by molar-refractivity contribution is -0.137. The Bertz CT molecular complexity index is 1290. The lowest BCUT2D eigenvalue weighted by atomic mass is 10.1. The Hall–Kier alpha value is -3.80. The van der Waals surface area contributed by atoms with Crippen LogP contribution in [0.5, 0.6) is 0 Å². The first-order chi connectivity index (χ1) is 15.9. The van der Waals surface area contributed by atoms with Gasteiger partial charge in [0, 0.05) is 11.3 Å². The van der Waals surface area contributed by atoms with Gasteiger partial charge in [0.1, 0.15) is 5.69 Å². The monoisotopic (exact) mass is 491 g/mol. The first-order valence-electron chi connectivity index (χ1n) is 9.82. The molecule has 1 aromatic heterocycles. The highest BCUT2D eigenvalue weighted by atomic mass is 32.2. The lowest BCUT2D eigenvalue weighted by Crippen LogP contribution is -2.23. The first kappa shape index (κ1) is 24.8. The zero-order valence-electron chi connectivity index (χ0n) is 18.0. The molecule has 0 aliphatic carbocycles. The molecule has 0 fully saturated rings. The molecule has 1 heterocycles. The SMILES string of the molecule is Cc1ccc(NC(=O)CSc2nc(N)c(NC(=O)c3ccc(C(F)(F)F)cc3)c(=O)[nH]2)c(C)c1. The van der Waals surface area contributed by atoms with E-state index >= 15 is 0 Å². The molecule has 8 nitrogen and oxygen atoms in total. The number of hydrogen-bond acceptors (Lipinski definition) is 6. The van der Waals surface area contributed by atoms with E-state index in [-0.39, 0.29) is 33.9 Å². The number of H-pyrrole nitrogens is 1. The molecule has 0 saturated carbocycles. The molecule has 178 valence electrons. The van der Waals surface area contributed by atoms with Crippen molar-refractivity contribution in [1.29, 1.82) is 0 Å². The molecule has 3 aromatic rings. The smallest absolute Gasteiger partial charge is 0.382 e. The summed E-state index contributed by atoms with van der Waals surface area (Å²) in [7, 11) is 0. The van der Waals surface area contributed by atoms with Crippen molar-refractivity contribution in [2.24, 2.45) is 0 Å². The second kappa shape index (κ2) is 10.00. The van der Waals surface area contributed by atoms with Crippen molar-refractivity contribution in [2.45, 2.75) is 25.2 Å². The number of nitrogens with one attached hydrogen (secondary N) is 3. The minimum atomic E-state index is -4.54. The molecule has 0 aliphatic heterocycles. The van der Waals surface area contributed by atoms with E-state index in [0.717, 1.165) is 47.2 Å². The van der Waals surface area contributed by atoms with Gasteiger partial charge in [-0.25, -0.2) is 4.98 Å². The highest BCUT2D eigenvalue weighted by molar-refractivity contribution is 7.99. The number of nitrogens with zero attached hydrogens (tertiary/aromatic N) is 1. The van der Waals surface area contributed by atoms with Gasteiger partial charge in [-0.1, -0.05) is 29.5 Å². The molecule has 12 heteroatoms. The third kappa shape index (κ3) is 6.16. The van der Waals surface area contributed by atoms with E-state index in [2.05, 4.69) is 20.6 Å². The third-order valence-electron chi connectivity index (χ3n) is 4.63. The number of halogens is 3. The van der Waals surface area contributed by atoms with Crippen LogP contribution in [-0.2, 0) is 11.0 Å². The average molecular weight is 491 g/mol. The predicted octanol–water partition coefficient (Wildman–Crippen LogP) is 3.97. The summed E-state index contributed by atoms with van der Waals surface area (Å²) < 4.78 is 38.0. The molecule has 0 atom stereocenters. The maximum absolute atomic E-state index is 12.7. The minimum absolute atomic E-state index is 0.0609. The second-order valence-electron chi connectivity index (χ2n) is 7.32.